The van der Waals surface area contributed by atoms with Crippen LogP contribution in [-0.4, -0.2) is 9.55 Å². The lowest BCUT2D eigenvalue weighted by atomic mass is 10.2. The van der Waals surface area contributed by atoms with Gasteiger partial charge in [-0.2, -0.15) is 13.2 Å². The maximum Gasteiger partial charge on any atom is 0.433 e. The molecule has 2 rings (SSSR count). The molecule has 0 saturated heterocycles. The SMILES string of the molecule is Cc1c(C(F)(F)F)nc2n(c1=O)CCCCC2. The second-order valence-corrected chi connectivity index (χ2v) is 4.27. The summed E-state index contributed by atoms with van der Waals surface area (Å²) in [4.78, 5) is 15.5. The number of hydrogen-bond donors (Lipinski definition) is 0. The summed E-state index contributed by atoms with van der Waals surface area (Å²) in [6.45, 7) is 1.66. The van der Waals surface area contributed by atoms with Gasteiger partial charge in [-0.15, -0.1) is 0 Å². The number of aromatic nitrogens is 2. The molecule has 0 saturated carbocycles. The van der Waals surface area contributed by atoms with Gasteiger partial charge in [-0.25, -0.2) is 4.98 Å². The van der Waals surface area contributed by atoms with Gasteiger partial charge in [0, 0.05) is 18.5 Å². The maximum absolute atomic E-state index is 12.7. The number of alkyl halides is 3. The van der Waals surface area contributed by atoms with Crippen molar-refractivity contribution in [1.82, 2.24) is 9.55 Å². The minimum absolute atomic E-state index is 0.269. The van der Waals surface area contributed by atoms with Crippen molar-refractivity contribution in [3.63, 3.8) is 0 Å². The molecule has 0 atom stereocenters. The van der Waals surface area contributed by atoms with E-state index in [1.807, 2.05) is 0 Å². The van der Waals surface area contributed by atoms with E-state index < -0.39 is 17.4 Å². The lowest BCUT2D eigenvalue weighted by molar-refractivity contribution is -0.142. The molecule has 0 aromatic carbocycles. The second-order valence-electron chi connectivity index (χ2n) is 4.27. The van der Waals surface area contributed by atoms with Gasteiger partial charge in [0.25, 0.3) is 5.56 Å². The summed E-state index contributed by atoms with van der Waals surface area (Å²) in [6, 6.07) is 0. The largest absolute Gasteiger partial charge is 0.433 e. The fourth-order valence-electron chi connectivity index (χ4n) is 2.12. The van der Waals surface area contributed by atoms with Gasteiger partial charge in [0.05, 0.1) is 0 Å². The molecule has 2 heterocycles. The zero-order valence-corrected chi connectivity index (χ0v) is 9.47. The van der Waals surface area contributed by atoms with Gasteiger partial charge in [-0.05, 0) is 19.8 Å². The molecule has 0 radical (unpaired) electrons. The van der Waals surface area contributed by atoms with E-state index in [0.717, 1.165) is 19.3 Å². The molecule has 0 aliphatic carbocycles. The van der Waals surface area contributed by atoms with Gasteiger partial charge in [-0.3, -0.25) is 9.36 Å². The third-order valence-electron chi connectivity index (χ3n) is 3.02. The summed E-state index contributed by atoms with van der Waals surface area (Å²) in [5.74, 6) is 0.269. The highest BCUT2D eigenvalue weighted by Crippen LogP contribution is 2.29. The van der Waals surface area contributed by atoms with Crippen LogP contribution in [0.15, 0.2) is 4.79 Å². The lowest BCUT2D eigenvalue weighted by Gasteiger charge is -2.14. The highest BCUT2D eigenvalue weighted by Gasteiger charge is 2.36. The van der Waals surface area contributed by atoms with Crippen LogP contribution in [-0.2, 0) is 19.1 Å². The average molecular weight is 246 g/mol. The molecule has 0 spiro atoms. The van der Waals surface area contributed by atoms with Crippen LogP contribution in [0.2, 0.25) is 0 Å². The van der Waals surface area contributed by atoms with Crippen molar-refractivity contribution in [2.75, 3.05) is 0 Å². The summed E-state index contributed by atoms with van der Waals surface area (Å²) in [6.07, 6.45) is -1.58. The van der Waals surface area contributed by atoms with Crippen molar-refractivity contribution in [1.29, 1.82) is 0 Å². The molecule has 1 aromatic heterocycles. The molecule has 0 unspecified atom stereocenters. The molecule has 17 heavy (non-hydrogen) atoms. The fourth-order valence-corrected chi connectivity index (χ4v) is 2.12. The number of hydrogen-bond acceptors (Lipinski definition) is 2. The lowest BCUT2D eigenvalue weighted by Crippen LogP contribution is -2.30. The first kappa shape index (κ1) is 12.1. The molecule has 1 aliphatic rings. The summed E-state index contributed by atoms with van der Waals surface area (Å²) >= 11 is 0. The van der Waals surface area contributed by atoms with Crippen LogP contribution in [0.5, 0.6) is 0 Å². The molecule has 0 amide bonds. The van der Waals surface area contributed by atoms with Crippen LogP contribution in [0.1, 0.15) is 36.3 Å². The van der Waals surface area contributed by atoms with Gasteiger partial charge in [0.15, 0.2) is 5.69 Å². The molecular weight excluding hydrogens is 233 g/mol. The van der Waals surface area contributed by atoms with Crippen molar-refractivity contribution in [3.8, 4) is 0 Å². The van der Waals surface area contributed by atoms with Crippen LogP contribution in [0, 0.1) is 6.92 Å². The summed E-state index contributed by atoms with van der Waals surface area (Å²) in [5.41, 5.74) is -1.89. The number of aryl methyl sites for hydroxylation is 1. The van der Waals surface area contributed by atoms with E-state index in [4.69, 9.17) is 0 Å². The molecule has 3 nitrogen and oxygen atoms in total. The number of nitrogens with zero attached hydrogens (tertiary/aromatic N) is 2. The van der Waals surface area contributed by atoms with Gasteiger partial charge in [0.1, 0.15) is 5.82 Å². The molecule has 1 aliphatic heterocycles. The number of rotatable bonds is 0. The van der Waals surface area contributed by atoms with Gasteiger partial charge in [0.2, 0.25) is 0 Å². The highest BCUT2D eigenvalue weighted by molar-refractivity contribution is 5.20. The van der Waals surface area contributed by atoms with Gasteiger partial charge < -0.3 is 0 Å². The Hall–Kier alpha value is -1.33. The minimum Gasteiger partial charge on any atom is -0.296 e. The quantitative estimate of drug-likeness (QED) is 0.704. The third kappa shape index (κ3) is 2.21. The van der Waals surface area contributed by atoms with Crippen LogP contribution in [0.4, 0.5) is 13.2 Å². The number of halogens is 3. The molecule has 94 valence electrons. The first-order valence-electron chi connectivity index (χ1n) is 5.59. The van der Waals surface area contributed by atoms with Crippen molar-refractivity contribution in [2.45, 2.75) is 45.3 Å². The maximum atomic E-state index is 12.7. The summed E-state index contributed by atoms with van der Waals surface area (Å²) in [5, 5.41) is 0. The predicted molar refractivity (Wildman–Crippen MR) is 55.8 cm³/mol. The average Bonchev–Trinajstić information content (AvgIpc) is 2.46. The Kier molecular flexibility index (Phi) is 2.97. The van der Waals surface area contributed by atoms with E-state index in [-0.39, 0.29) is 11.4 Å². The summed E-state index contributed by atoms with van der Waals surface area (Å²) in [7, 11) is 0. The van der Waals surface area contributed by atoms with E-state index in [1.165, 1.54) is 11.5 Å². The van der Waals surface area contributed by atoms with Gasteiger partial charge in [-0.1, -0.05) is 6.42 Å². The van der Waals surface area contributed by atoms with Crippen molar-refractivity contribution in [2.24, 2.45) is 0 Å². The van der Waals surface area contributed by atoms with E-state index in [0.29, 0.717) is 13.0 Å². The molecule has 0 N–H and O–H groups in total. The first-order valence-corrected chi connectivity index (χ1v) is 5.59. The Bertz CT molecular complexity index is 491. The second kappa shape index (κ2) is 4.16. The zero-order chi connectivity index (χ0) is 12.6. The molecule has 0 fully saturated rings. The monoisotopic (exact) mass is 246 g/mol. The van der Waals surface area contributed by atoms with E-state index in [2.05, 4.69) is 4.98 Å². The Morgan fingerprint density at radius 3 is 2.59 bits per heavy atom. The molecule has 1 aromatic rings. The Morgan fingerprint density at radius 1 is 1.24 bits per heavy atom. The Labute approximate surface area is 96.3 Å². The normalized spacial score (nSPS) is 16.5. The third-order valence-corrected chi connectivity index (χ3v) is 3.02. The molecule has 0 bridgehead atoms. The van der Waals surface area contributed by atoms with Crippen LogP contribution in [0.25, 0.3) is 0 Å². The molecular formula is C11H13F3N2O. The van der Waals surface area contributed by atoms with E-state index >= 15 is 0 Å². The smallest absolute Gasteiger partial charge is 0.296 e. The predicted octanol–water partition coefficient (Wildman–Crippen LogP) is 2.30. The van der Waals surface area contributed by atoms with Crippen molar-refractivity contribution >= 4 is 0 Å². The zero-order valence-electron chi connectivity index (χ0n) is 9.47. The fraction of sp³-hybridized carbons (Fsp3) is 0.636. The van der Waals surface area contributed by atoms with E-state index in [1.54, 1.807) is 0 Å². The van der Waals surface area contributed by atoms with Crippen LogP contribution >= 0.6 is 0 Å². The molecule has 6 heteroatoms. The van der Waals surface area contributed by atoms with Gasteiger partial charge >= 0.3 is 6.18 Å². The summed E-state index contributed by atoms with van der Waals surface area (Å²) < 4.78 is 39.5. The Morgan fingerprint density at radius 2 is 1.94 bits per heavy atom. The highest BCUT2D eigenvalue weighted by atomic mass is 19.4. The van der Waals surface area contributed by atoms with Crippen molar-refractivity contribution in [3.05, 3.63) is 27.4 Å². The topological polar surface area (TPSA) is 34.9 Å². The standard InChI is InChI=1S/C11H13F3N2O/c1-7-9(11(12,13)14)15-8-5-3-2-4-6-16(8)10(7)17/h2-6H2,1H3. The number of fused-ring (bicyclic) bond motifs is 1. The minimum atomic E-state index is -4.55. The van der Waals surface area contributed by atoms with Crippen molar-refractivity contribution < 1.29 is 13.2 Å². The van der Waals surface area contributed by atoms with E-state index in [9.17, 15) is 18.0 Å². The van der Waals surface area contributed by atoms with Crippen LogP contribution < -0.4 is 5.56 Å². The Balaban J connectivity index is 2.64. The first-order chi connectivity index (χ1) is 7.91. The van der Waals surface area contributed by atoms with Crippen LogP contribution in [0.3, 0.4) is 0 Å².